The lowest BCUT2D eigenvalue weighted by molar-refractivity contribution is -0.135. The number of nitrogens with zero attached hydrogens (tertiary/aromatic N) is 2. The van der Waals surface area contributed by atoms with Crippen LogP contribution in [0.25, 0.3) is 11.0 Å². The van der Waals surface area contributed by atoms with Crippen molar-refractivity contribution in [1.82, 2.24) is 8.75 Å². The zero-order valence-corrected chi connectivity index (χ0v) is 13.7. The fourth-order valence-electron chi connectivity index (χ4n) is 3.18. The van der Waals surface area contributed by atoms with Gasteiger partial charge in [-0.1, -0.05) is 11.6 Å². The van der Waals surface area contributed by atoms with E-state index in [9.17, 15) is 4.79 Å². The summed E-state index contributed by atoms with van der Waals surface area (Å²) >= 11 is 7.44. The number of hydrogen-bond acceptors (Lipinski definition) is 7. The number of rotatable bonds is 1. The minimum Gasteiger partial charge on any atom is -0.454 e. The van der Waals surface area contributed by atoms with Crippen molar-refractivity contribution < 1.29 is 19.0 Å². The van der Waals surface area contributed by atoms with Gasteiger partial charge in [0, 0.05) is 11.5 Å². The van der Waals surface area contributed by atoms with Gasteiger partial charge in [0.1, 0.15) is 16.8 Å². The summed E-state index contributed by atoms with van der Waals surface area (Å²) < 4.78 is 24.8. The Balaban J connectivity index is 1.74. The van der Waals surface area contributed by atoms with Gasteiger partial charge in [-0.25, -0.2) is 0 Å². The summed E-state index contributed by atoms with van der Waals surface area (Å²) in [6.07, 6.45) is 0.208. The normalized spacial score (nSPS) is 18.5. The highest BCUT2D eigenvalue weighted by atomic mass is 35.5. The third kappa shape index (κ3) is 1.98. The fraction of sp³-hybridized carbons (Fsp3) is 0.188. The van der Waals surface area contributed by atoms with Gasteiger partial charge in [-0.15, -0.1) is 0 Å². The summed E-state index contributed by atoms with van der Waals surface area (Å²) in [5, 5.41) is 0.462. The highest BCUT2D eigenvalue weighted by Crippen LogP contribution is 2.47. The molecule has 1 atom stereocenters. The molecule has 2 aliphatic rings. The Hall–Kier alpha value is -2.38. The molecule has 0 aliphatic carbocycles. The smallest absolute Gasteiger partial charge is 0.312 e. The van der Waals surface area contributed by atoms with Crippen molar-refractivity contribution in [2.45, 2.75) is 12.3 Å². The van der Waals surface area contributed by atoms with Gasteiger partial charge >= 0.3 is 5.97 Å². The van der Waals surface area contributed by atoms with Gasteiger partial charge in [0.25, 0.3) is 0 Å². The minimum atomic E-state index is -0.288. The number of halogens is 1. The molecule has 0 bridgehead atoms. The molecule has 0 unspecified atom stereocenters. The molecule has 120 valence electrons. The van der Waals surface area contributed by atoms with Crippen LogP contribution in [0.3, 0.4) is 0 Å². The maximum atomic E-state index is 12.1. The average Bonchev–Trinajstić information content (AvgIpc) is 3.22. The molecule has 0 N–H and O–H groups in total. The number of carbonyl (C=O) groups excluding carboxylic acids is 1. The molecule has 2 aliphatic heterocycles. The van der Waals surface area contributed by atoms with Gasteiger partial charge in [-0.3, -0.25) is 4.79 Å². The molecule has 0 fully saturated rings. The zero-order chi connectivity index (χ0) is 16.3. The topological polar surface area (TPSA) is 70.5 Å². The second-order valence-corrected chi connectivity index (χ2v) is 6.51. The highest BCUT2D eigenvalue weighted by molar-refractivity contribution is 7.00. The second-order valence-electron chi connectivity index (χ2n) is 5.58. The number of carbonyl (C=O) groups is 1. The third-order valence-electron chi connectivity index (χ3n) is 4.22. The van der Waals surface area contributed by atoms with Crippen LogP contribution in [-0.2, 0) is 4.79 Å². The summed E-state index contributed by atoms with van der Waals surface area (Å²) in [6.45, 7) is 0.141. The zero-order valence-electron chi connectivity index (χ0n) is 12.1. The van der Waals surface area contributed by atoms with E-state index < -0.39 is 0 Å². The molecule has 6 nitrogen and oxygen atoms in total. The Morgan fingerprint density at radius 3 is 3.00 bits per heavy atom. The summed E-state index contributed by atoms with van der Waals surface area (Å²) in [5.74, 6) is 1.13. The predicted octanol–water partition coefficient (Wildman–Crippen LogP) is 3.51. The summed E-state index contributed by atoms with van der Waals surface area (Å²) in [5.41, 5.74) is 3.26. The number of esters is 1. The van der Waals surface area contributed by atoms with Crippen LogP contribution < -0.4 is 14.2 Å². The average molecular weight is 361 g/mol. The first-order chi connectivity index (χ1) is 11.7. The molecule has 0 saturated heterocycles. The van der Waals surface area contributed by atoms with Crippen molar-refractivity contribution in [3.8, 4) is 17.2 Å². The Labute approximate surface area is 145 Å². The number of fused-ring (bicyclic) bond motifs is 4. The molecule has 0 radical (unpaired) electrons. The SMILES string of the molecule is O=C1C[C@@H](c2cc(Cl)c3c(c2)OCO3)c2c(ccc3nsnc23)O1. The van der Waals surface area contributed by atoms with Gasteiger partial charge < -0.3 is 14.2 Å². The van der Waals surface area contributed by atoms with E-state index in [1.54, 1.807) is 18.2 Å². The van der Waals surface area contributed by atoms with E-state index in [2.05, 4.69) is 8.75 Å². The predicted molar refractivity (Wildman–Crippen MR) is 87.1 cm³/mol. The summed E-state index contributed by atoms with van der Waals surface area (Å²) in [7, 11) is 0. The Morgan fingerprint density at radius 2 is 2.08 bits per heavy atom. The van der Waals surface area contributed by atoms with E-state index in [0.29, 0.717) is 22.3 Å². The van der Waals surface area contributed by atoms with Crippen LogP contribution in [0.2, 0.25) is 5.02 Å². The second kappa shape index (κ2) is 5.06. The van der Waals surface area contributed by atoms with Gasteiger partial charge in [0.05, 0.1) is 23.2 Å². The van der Waals surface area contributed by atoms with Gasteiger partial charge in [-0.2, -0.15) is 8.75 Å². The van der Waals surface area contributed by atoms with Gasteiger partial charge in [0.15, 0.2) is 11.5 Å². The largest absolute Gasteiger partial charge is 0.454 e. The van der Waals surface area contributed by atoms with Gasteiger partial charge in [0.2, 0.25) is 6.79 Å². The first-order valence-corrected chi connectivity index (χ1v) is 8.36. The quantitative estimate of drug-likeness (QED) is 0.488. The van der Waals surface area contributed by atoms with Crippen molar-refractivity contribution in [3.05, 3.63) is 40.4 Å². The molecule has 3 aromatic rings. The minimum absolute atomic E-state index is 0.141. The number of aromatic nitrogens is 2. The van der Waals surface area contributed by atoms with Crippen LogP contribution in [-0.4, -0.2) is 21.5 Å². The standard InChI is InChI=1S/C16H9ClN2O4S/c17-9-3-7(4-12-16(9)22-6-21-12)8-5-13(20)23-11-2-1-10-15(14(8)11)19-24-18-10/h1-4,8H,5-6H2/t8-/m0/s1. The molecular weight excluding hydrogens is 352 g/mol. The van der Waals surface area contributed by atoms with Crippen LogP contribution in [0.1, 0.15) is 23.5 Å². The Morgan fingerprint density at radius 1 is 1.17 bits per heavy atom. The lowest BCUT2D eigenvalue weighted by Gasteiger charge is -2.25. The lowest BCUT2D eigenvalue weighted by Crippen LogP contribution is -2.21. The fourth-order valence-corrected chi connectivity index (χ4v) is 4.01. The van der Waals surface area contributed by atoms with Crippen molar-refractivity contribution in [1.29, 1.82) is 0 Å². The van der Waals surface area contributed by atoms with E-state index in [0.717, 1.165) is 33.9 Å². The summed E-state index contributed by atoms with van der Waals surface area (Å²) in [4.78, 5) is 12.1. The van der Waals surface area contributed by atoms with Gasteiger partial charge in [-0.05, 0) is 29.8 Å². The molecule has 8 heteroatoms. The van der Waals surface area contributed by atoms with Crippen molar-refractivity contribution in [2.24, 2.45) is 0 Å². The van der Waals surface area contributed by atoms with E-state index in [4.69, 9.17) is 25.8 Å². The first-order valence-electron chi connectivity index (χ1n) is 7.25. The van der Waals surface area contributed by atoms with Crippen LogP contribution >= 0.6 is 23.3 Å². The maximum absolute atomic E-state index is 12.1. The van der Waals surface area contributed by atoms with Crippen LogP contribution in [0.4, 0.5) is 0 Å². The molecule has 5 rings (SSSR count). The van der Waals surface area contributed by atoms with Crippen molar-refractivity contribution in [3.63, 3.8) is 0 Å². The number of ether oxygens (including phenoxy) is 3. The third-order valence-corrected chi connectivity index (χ3v) is 5.05. The molecule has 0 saturated carbocycles. The Bertz CT molecular complexity index is 1000. The number of benzene rings is 2. The van der Waals surface area contributed by atoms with Crippen molar-refractivity contribution >= 4 is 40.3 Å². The first kappa shape index (κ1) is 14.0. The van der Waals surface area contributed by atoms with Crippen LogP contribution in [0, 0.1) is 0 Å². The van der Waals surface area contributed by atoms with Crippen LogP contribution in [0.15, 0.2) is 24.3 Å². The van der Waals surface area contributed by atoms with E-state index in [1.165, 1.54) is 0 Å². The monoisotopic (exact) mass is 360 g/mol. The van der Waals surface area contributed by atoms with Crippen molar-refractivity contribution in [2.75, 3.05) is 6.79 Å². The molecule has 1 aromatic heterocycles. The Kier molecular flexibility index (Phi) is 2.95. The number of hydrogen-bond donors (Lipinski definition) is 0. The molecule has 2 aromatic carbocycles. The molecule has 3 heterocycles. The highest BCUT2D eigenvalue weighted by Gasteiger charge is 2.33. The molecule has 0 spiro atoms. The summed E-state index contributed by atoms with van der Waals surface area (Å²) in [6, 6.07) is 7.23. The lowest BCUT2D eigenvalue weighted by atomic mass is 9.85. The van der Waals surface area contributed by atoms with E-state index in [-0.39, 0.29) is 25.1 Å². The molecule has 24 heavy (non-hydrogen) atoms. The van der Waals surface area contributed by atoms with E-state index in [1.807, 2.05) is 6.07 Å². The molecule has 0 amide bonds. The van der Waals surface area contributed by atoms with Crippen LogP contribution in [0.5, 0.6) is 17.2 Å². The van der Waals surface area contributed by atoms with E-state index >= 15 is 0 Å². The molecular formula is C16H9ClN2O4S. The maximum Gasteiger partial charge on any atom is 0.312 e.